The summed E-state index contributed by atoms with van der Waals surface area (Å²) in [5.41, 5.74) is 3.16. The van der Waals surface area contributed by atoms with Crippen molar-refractivity contribution >= 4 is 23.2 Å². The second-order valence-electron chi connectivity index (χ2n) is 9.41. The number of hydrogen-bond donors (Lipinski definition) is 2. The van der Waals surface area contributed by atoms with Gasteiger partial charge in [0.2, 0.25) is 11.8 Å². The summed E-state index contributed by atoms with van der Waals surface area (Å²) in [6.07, 6.45) is -0.0684. The van der Waals surface area contributed by atoms with Gasteiger partial charge in [-0.3, -0.25) is 14.3 Å². The van der Waals surface area contributed by atoms with E-state index in [1.165, 1.54) is 15.1 Å². The van der Waals surface area contributed by atoms with Crippen LogP contribution < -0.4 is 5.32 Å². The molecule has 7 nitrogen and oxygen atoms in total. The van der Waals surface area contributed by atoms with E-state index in [2.05, 4.69) is 23.4 Å². The van der Waals surface area contributed by atoms with Crippen LogP contribution in [-0.4, -0.2) is 56.5 Å². The maximum atomic E-state index is 15.0. The number of rotatable bonds is 7. The Labute approximate surface area is 208 Å². The number of aliphatic hydroxyl groups is 1. The SMILES string of the molecule is Cc1ccsc1-c1ccc([C@H](C)NC(=O)[C@@H]2[C@@H](F)[C@@H](O)CN2C(=O)[C@H](C(C)C)n2cccn2)cc1. The highest BCUT2D eigenvalue weighted by Crippen LogP contribution is 2.31. The van der Waals surface area contributed by atoms with Crippen LogP contribution in [0.3, 0.4) is 0 Å². The van der Waals surface area contributed by atoms with Gasteiger partial charge >= 0.3 is 0 Å². The van der Waals surface area contributed by atoms with Crippen molar-refractivity contribution in [3.8, 4) is 10.4 Å². The van der Waals surface area contributed by atoms with E-state index in [9.17, 15) is 14.7 Å². The second-order valence-corrected chi connectivity index (χ2v) is 10.3. The summed E-state index contributed by atoms with van der Waals surface area (Å²) >= 11 is 1.67. The van der Waals surface area contributed by atoms with E-state index in [4.69, 9.17) is 0 Å². The highest BCUT2D eigenvalue weighted by Gasteiger charge is 2.50. The molecule has 0 unspecified atom stereocenters. The van der Waals surface area contributed by atoms with Gasteiger partial charge in [0.15, 0.2) is 6.17 Å². The lowest BCUT2D eigenvalue weighted by Crippen LogP contribution is -2.52. The number of carbonyl (C=O) groups excluding carboxylic acids is 2. The monoisotopic (exact) mass is 498 g/mol. The molecule has 1 fully saturated rings. The molecular weight excluding hydrogens is 467 g/mol. The molecule has 2 aromatic heterocycles. The molecule has 3 aromatic rings. The van der Waals surface area contributed by atoms with Crippen LogP contribution in [0.1, 0.15) is 44.0 Å². The standard InChI is InChI=1S/C26H31FN4O3S/c1-15(2)22(31-12-5-11-28-31)26(34)30-14-20(32)21(27)23(30)25(33)29-17(4)18-6-8-19(9-7-18)24-16(3)10-13-35-24/h5-13,15,17,20-23,32H,14H2,1-4H3,(H,29,33)/t17-,20-,21-,22-,23-/m0/s1. The summed E-state index contributed by atoms with van der Waals surface area (Å²) in [5.74, 6) is -1.21. The summed E-state index contributed by atoms with van der Waals surface area (Å²) in [7, 11) is 0. The molecule has 0 aliphatic carbocycles. The van der Waals surface area contributed by atoms with Gasteiger partial charge in [-0.15, -0.1) is 11.3 Å². The van der Waals surface area contributed by atoms with Crippen LogP contribution in [0.5, 0.6) is 0 Å². The van der Waals surface area contributed by atoms with Crippen molar-refractivity contribution in [3.05, 3.63) is 65.3 Å². The van der Waals surface area contributed by atoms with Gasteiger partial charge in [-0.2, -0.15) is 5.10 Å². The Balaban J connectivity index is 1.50. The van der Waals surface area contributed by atoms with Gasteiger partial charge in [0, 0.05) is 17.3 Å². The van der Waals surface area contributed by atoms with E-state index in [-0.39, 0.29) is 12.5 Å². The van der Waals surface area contributed by atoms with Crippen LogP contribution in [0, 0.1) is 12.8 Å². The quantitative estimate of drug-likeness (QED) is 0.517. The van der Waals surface area contributed by atoms with Crippen molar-refractivity contribution in [2.45, 2.75) is 58.1 Å². The zero-order chi connectivity index (χ0) is 25.3. The smallest absolute Gasteiger partial charge is 0.248 e. The van der Waals surface area contributed by atoms with E-state index < -0.39 is 42.2 Å². The summed E-state index contributed by atoms with van der Waals surface area (Å²) in [5, 5.41) is 19.3. The molecule has 2 N–H and O–H groups in total. The Morgan fingerprint density at radius 1 is 1.20 bits per heavy atom. The number of aliphatic hydroxyl groups excluding tert-OH is 1. The second kappa shape index (κ2) is 10.3. The minimum atomic E-state index is -1.87. The van der Waals surface area contributed by atoms with E-state index in [1.54, 1.807) is 29.8 Å². The van der Waals surface area contributed by atoms with Crippen molar-refractivity contribution in [1.29, 1.82) is 0 Å². The molecule has 0 bridgehead atoms. The maximum Gasteiger partial charge on any atom is 0.248 e. The van der Waals surface area contributed by atoms with Crippen molar-refractivity contribution in [2.24, 2.45) is 5.92 Å². The van der Waals surface area contributed by atoms with Gasteiger partial charge in [-0.1, -0.05) is 38.1 Å². The fourth-order valence-electron chi connectivity index (χ4n) is 4.60. The van der Waals surface area contributed by atoms with Crippen LogP contribution in [0.4, 0.5) is 4.39 Å². The number of nitrogens with one attached hydrogen (secondary N) is 1. The Morgan fingerprint density at radius 2 is 1.91 bits per heavy atom. The zero-order valence-corrected chi connectivity index (χ0v) is 21.1. The summed E-state index contributed by atoms with van der Waals surface area (Å²) in [6.45, 7) is 7.36. The molecule has 1 aliphatic rings. The molecule has 0 radical (unpaired) electrons. The normalized spacial score (nSPS) is 21.8. The van der Waals surface area contributed by atoms with Gasteiger partial charge in [0.1, 0.15) is 18.2 Å². The maximum absolute atomic E-state index is 15.0. The lowest BCUT2D eigenvalue weighted by atomic mass is 10.0. The summed E-state index contributed by atoms with van der Waals surface area (Å²) < 4.78 is 16.5. The molecule has 4 rings (SSSR count). The number of thiophene rings is 1. The van der Waals surface area contributed by atoms with E-state index in [1.807, 2.05) is 50.4 Å². The first-order chi connectivity index (χ1) is 16.7. The van der Waals surface area contributed by atoms with Crippen molar-refractivity contribution in [3.63, 3.8) is 0 Å². The zero-order valence-electron chi connectivity index (χ0n) is 20.3. The van der Waals surface area contributed by atoms with Crippen molar-refractivity contribution in [2.75, 3.05) is 6.54 Å². The third-order valence-electron chi connectivity index (χ3n) is 6.53. The highest BCUT2D eigenvalue weighted by molar-refractivity contribution is 7.13. The van der Waals surface area contributed by atoms with Gasteiger partial charge in [-0.05, 0) is 54.0 Å². The molecule has 0 spiro atoms. The number of β-amino-alcohol motifs (C(OH)–C–C–N with tert-alkyl or cyclic N) is 1. The number of aromatic nitrogens is 2. The molecule has 0 saturated carbocycles. The molecule has 2 amide bonds. The van der Waals surface area contributed by atoms with Crippen molar-refractivity contribution < 1.29 is 19.1 Å². The number of likely N-dealkylation sites (tertiary alicyclic amines) is 1. The van der Waals surface area contributed by atoms with Crippen molar-refractivity contribution in [1.82, 2.24) is 20.0 Å². The molecule has 1 saturated heterocycles. The molecule has 186 valence electrons. The van der Waals surface area contributed by atoms with Gasteiger partial charge < -0.3 is 15.3 Å². The molecular formula is C26H31FN4O3S. The Kier molecular flexibility index (Phi) is 7.37. The predicted molar refractivity (Wildman–Crippen MR) is 134 cm³/mol. The van der Waals surface area contributed by atoms with Crippen LogP contribution in [0.2, 0.25) is 0 Å². The third kappa shape index (κ3) is 5.01. The first kappa shape index (κ1) is 25.1. The van der Waals surface area contributed by atoms with E-state index in [0.29, 0.717) is 0 Å². The van der Waals surface area contributed by atoms with Crippen LogP contribution >= 0.6 is 11.3 Å². The first-order valence-electron chi connectivity index (χ1n) is 11.8. The molecule has 1 aliphatic heterocycles. The lowest BCUT2D eigenvalue weighted by molar-refractivity contribution is -0.143. The molecule has 35 heavy (non-hydrogen) atoms. The Hall–Kier alpha value is -3.04. The minimum Gasteiger partial charge on any atom is -0.388 e. The lowest BCUT2D eigenvalue weighted by Gasteiger charge is -2.31. The number of amides is 2. The van der Waals surface area contributed by atoms with Gasteiger partial charge in [0.25, 0.3) is 0 Å². The largest absolute Gasteiger partial charge is 0.388 e. The van der Waals surface area contributed by atoms with E-state index >= 15 is 4.39 Å². The number of carbonyl (C=O) groups is 2. The average Bonchev–Trinajstić information content (AvgIpc) is 3.55. The highest BCUT2D eigenvalue weighted by atomic mass is 32.1. The van der Waals surface area contributed by atoms with Crippen LogP contribution in [-0.2, 0) is 9.59 Å². The Bertz CT molecular complexity index is 1160. The number of halogens is 1. The van der Waals surface area contributed by atoms with E-state index in [0.717, 1.165) is 16.0 Å². The first-order valence-corrected chi connectivity index (χ1v) is 12.6. The fraction of sp³-hybridized carbons (Fsp3) is 0.423. The Morgan fingerprint density at radius 3 is 2.49 bits per heavy atom. The third-order valence-corrected chi connectivity index (χ3v) is 7.59. The molecule has 1 aromatic carbocycles. The number of benzene rings is 1. The minimum absolute atomic E-state index is 0.147. The van der Waals surface area contributed by atoms with Crippen LogP contribution in [0.15, 0.2) is 54.2 Å². The number of nitrogens with zero attached hydrogens (tertiary/aromatic N) is 3. The van der Waals surface area contributed by atoms with Crippen LogP contribution in [0.25, 0.3) is 10.4 Å². The fourth-order valence-corrected chi connectivity index (χ4v) is 5.54. The van der Waals surface area contributed by atoms with Gasteiger partial charge in [0.05, 0.1) is 12.6 Å². The molecule has 3 heterocycles. The number of aryl methyl sites for hydroxylation is 1. The molecule has 9 heteroatoms. The number of alkyl halides is 1. The predicted octanol–water partition coefficient (Wildman–Crippen LogP) is 3.90. The molecule has 5 atom stereocenters. The summed E-state index contributed by atoms with van der Waals surface area (Å²) in [4.78, 5) is 29.0. The summed E-state index contributed by atoms with van der Waals surface area (Å²) in [6, 6.07) is 9.13. The van der Waals surface area contributed by atoms with Gasteiger partial charge in [-0.25, -0.2) is 4.39 Å². The topological polar surface area (TPSA) is 87.5 Å². The number of hydrogen-bond acceptors (Lipinski definition) is 5. The average molecular weight is 499 g/mol.